The number of aryl methyl sites for hydroxylation is 1. The Bertz CT molecular complexity index is 1080. The number of halogens is 2. The van der Waals surface area contributed by atoms with Crippen molar-refractivity contribution in [2.75, 3.05) is 6.54 Å². The molecule has 2 unspecified atom stereocenters. The van der Waals surface area contributed by atoms with E-state index in [4.69, 9.17) is 4.74 Å². The monoisotopic (exact) mass is 547 g/mol. The fourth-order valence-corrected chi connectivity index (χ4v) is 4.02. The maximum Gasteiger partial charge on any atom is 0.407 e. The summed E-state index contributed by atoms with van der Waals surface area (Å²) in [6.07, 6.45) is -2.95. The number of carbonyl (C=O) groups is 3. The van der Waals surface area contributed by atoms with Gasteiger partial charge in [0.25, 0.3) is 5.92 Å². The Hall–Kier alpha value is -3.53. The number of benzene rings is 2. The molecule has 39 heavy (non-hydrogen) atoms. The first-order valence-corrected chi connectivity index (χ1v) is 13.1. The van der Waals surface area contributed by atoms with Crippen LogP contribution in [-0.2, 0) is 27.4 Å². The van der Waals surface area contributed by atoms with Crippen LogP contribution < -0.4 is 16.0 Å². The molecule has 3 atom stereocenters. The van der Waals surface area contributed by atoms with Crippen LogP contribution in [0.3, 0.4) is 0 Å². The van der Waals surface area contributed by atoms with E-state index in [9.17, 15) is 28.3 Å². The van der Waals surface area contributed by atoms with E-state index in [0.717, 1.165) is 16.7 Å². The molecule has 0 aliphatic carbocycles. The summed E-state index contributed by atoms with van der Waals surface area (Å²) in [5.74, 6) is -5.11. The normalized spacial score (nSPS) is 13.7. The first-order chi connectivity index (χ1) is 18.4. The van der Waals surface area contributed by atoms with E-state index in [-0.39, 0.29) is 31.8 Å². The Morgan fingerprint density at radius 1 is 1.00 bits per heavy atom. The Balaban J connectivity index is 1.94. The number of hydrogen-bond donors (Lipinski definition) is 4. The van der Waals surface area contributed by atoms with Crippen molar-refractivity contribution in [1.29, 1.82) is 0 Å². The van der Waals surface area contributed by atoms with Crippen LogP contribution in [0.1, 0.15) is 50.3 Å². The van der Waals surface area contributed by atoms with Gasteiger partial charge >= 0.3 is 6.09 Å². The molecular formula is C29H39F2N3O5. The molecule has 0 aromatic heterocycles. The molecule has 0 saturated heterocycles. The van der Waals surface area contributed by atoms with Crippen molar-refractivity contribution in [3.05, 3.63) is 71.3 Å². The third-order valence-electron chi connectivity index (χ3n) is 6.06. The predicted octanol–water partition coefficient (Wildman–Crippen LogP) is 3.89. The highest BCUT2D eigenvalue weighted by atomic mass is 19.3. The van der Waals surface area contributed by atoms with E-state index in [2.05, 4.69) is 16.0 Å². The molecule has 10 heteroatoms. The quantitative estimate of drug-likeness (QED) is 0.286. The zero-order valence-electron chi connectivity index (χ0n) is 22.9. The van der Waals surface area contributed by atoms with Gasteiger partial charge < -0.3 is 25.8 Å². The van der Waals surface area contributed by atoms with Gasteiger partial charge in [-0.3, -0.25) is 9.59 Å². The lowest BCUT2D eigenvalue weighted by Crippen LogP contribution is -2.57. The number of hydrogen-bond acceptors (Lipinski definition) is 5. The lowest BCUT2D eigenvalue weighted by atomic mass is 9.95. The molecular weight excluding hydrogens is 508 g/mol. The summed E-state index contributed by atoms with van der Waals surface area (Å²) in [5, 5.41) is 17.6. The number of ether oxygens (including phenoxy) is 1. The van der Waals surface area contributed by atoms with Crippen molar-refractivity contribution >= 4 is 17.9 Å². The lowest BCUT2D eigenvalue weighted by molar-refractivity contribution is -0.137. The van der Waals surface area contributed by atoms with Gasteiger partial charge in [0.15, 0.2) is 0 Å². The van der Waals surface area contributed by atoms with E-state index < -0.39 is 48.6 Å². The average molecular weight is 548 g/mol. The van der Waals surface area contributed by atoms with Crippen LogP contribution in [0, 0.1) is 12.8 Å². The third kappa shape index (κ3) is 11.0. The number of carbonyl (C=O) groups excluding carboxylic acids is 3. The SMILES string of the molecule is CC[C@@H](NC(=O)Cc1cccc(C)c1)C(=O)NCC(F)(F)C(O)C(CC(C)C)NC(=O)OCc1ccccc1. The predicted molar refractivity (Wildman–Crippen MR) is 144 cm³/mol. The first kappa shape index (κ1) is 31.7. The van der Waals surface area contributed by atoms with Crippen LogP contribution in [-0.4, -0.2) is 53.7 Å². The van der Waals surface area contributed by atoms with Crippen LogP contribution in [0.25, 0.3) is 0 Å². The van der Waals surface area contributed by atoms with Gasteiger partial charge in [0.1, 0.15) is 18.8 Å². The Morgan fingerprint density at radius 2 is 1.67 bits per heavy atom. The molecule has 214 valence electrons. The number of nitrogens with one attached hydrogen (secondary N) is 3. The summed E-state index contributed by atoms with van der Waals surface area (Å²) in [6.45, 7) is 5.84. The van der Waals surface area contributed by atoms with Crippen molar-refractivity contribution in [2.24, 2.45) is 5.92 Å². The zero-order valence-corrected chi connectivity index (χ0v) is 22.9. The Morgan fingerprint density at radius 3 is 2.28 bits per heavy atom. The topological polar surface area (TPSA) is 117 Å². The highest BCUT2D eigenvalue weighted by molar-refractivity contribution is 5.88. The highest BCUT2D eigenvalue weighted by Crippen LogP contribution is 2.24. The van der Waals surface area contributed by atoms with Crippen molar-refractivity contribution in [2.45, 2.75) is 77.7 Å². The molecule has 0 heterocycles. The van der Waals surface area contributed by atoms with E-state index >= 15 is 0 Å². The largest absolute Gasteiger partial charge is 0.445 e. The summed E-state index contributed by atoms with van der Waals surface area (Å²) in [5.41, 5.74) is 2.47. The molecule has 0 saturated carbocycles. The van der Waals surface area contributed by atoms with Crippen LogP contribution in [0.4, 0.5) is 13.6 Å². The van der Waals surface area contributed by atoms with Gasteiger partial charge in [-0.15, -0.1) is 0 Å². The number of rotatable bonds is 14. The fourth-order valence-electron chi connectivity index (χ4n) is 4.02. The maximum absolute atomic E-state index is 15.0. The lowest BCUT2D eigenvalue weighted by Gasteiger charge is -2.31. The van der Waals surface area contributed by atoms with Gasteiger partial charge in [-0.2, -0.15) is 0 Å². The Labute approximate surface area is 228 Å². The molecule has 0 aliphatic rings. The standard InChI is InChI=1S/C29H39F2N3O5/c1-5-23(33-25(35)16-22-13-9-10-20(4)15-22)27(37)32-18-29(30,31)26(36)24(14-19(2)3)34-28(38)39-17-21-11-7-6-8-12-21/h6-13,15,19,23-24,26,36H,5,14,16-18H2,1-4H3,(H,32,37)(H,33,35)(H,34,38)/t23-,24?,26?/m1/s1. The molecule has 8 nitrogen and oxygen atoms in total. The first-order valence-electron chi connectivity index (χ1n) is 13.1. The highest BCUT2D eigenvalue weighted by Gasteiger charge is 2.44. The third-order valence-corrected chi connectivity index (χ3v) is 6.06. The van der Waals surface area contributed by atoms with Crippen molar-refractivity contribution in [3.63, 3.8) is 0 Å². The van der Waals surface area contributed by atoms with Gasteiger partial charge in [0.05, 0.1) is 19.0 Å². The molecule has 0 bridgehead atoms. The number of alkyl carbamates (subject to hydrolysis) is 1. The van der Waals surface area contributed by atoms with Crippen LogP contribution in [0.5, 0.6) is 0 Å². The van der Waals surface area contributed by atoms with Gasteiger partial charge in [-0.25, -0.2) is 13.6 Å². The van der Waals surface area contributed by atoms with E-state index in [1.807, 2.05) is 31.2 Å². The summed E-state index contributed by atoms with van der Waals surface area (Å²) in [7, 11) is 0. The summed E-state index contributed by atoms with van der Waals surface area (Å²) >= 11 is 0. The molecule has 3 amide bonds. The van der Waals surface area contributed by atoms with Gasteiger partial charge in [-0.1, -0.05) is 80.9 Å². The molecule has 0 spiro atoms. The van der Waals surface area contributed by atoms with Crippen LogP contribution in [0.15, 0.2) is 54.6 Å². The minimum atomic E-state index is -3.77. The van der Waals surface area contributed by atoms with Crippen molar-refractivity contribution in [1.82, 2.24) is 16.0 Å². The minimum Gasteiger partial charge on any atom is -0.445 e. The summed E-state index contributed by atoms with van der Waals surface area (Å²) in [6, 6.07) is 13.9. The molecule has 0 radical (unpaired) electrons. The molecule has 2 aromatic carbocycles. The smallest absolute Gasteiger partial charge is 0.407 e. The van der Waals surface area contributed by atoms with Gasteiger partial charge in [0, 0.05) is 0 Å². The molecule has 0 aliphatic heterocycles. The van der Waals surface area contributed by atoms with E-state index in [0.29, 0.717) is 0 Å². The van der Waals surface area contributed by atoms with E-state index in [1.54, 1.807) is 51.1 Å². The number of amides is 3. The second kappa shape index (κ2) is 15.2. The van der Waals surface area contributed by atoms with Crippen molar-refractivity contribution in [3.8, 4) is 0 Å². The van der Waals surface area contributed by atoms with Gasteiger partial charge in [0.2, 0.25) is 11.8 Å². The minimum absolute atomic E-state index is 0.0449. The van der Waals surface area contributed by atoms with Crippen LogP contribution >= 0.6 is 0 Å². The van der Waals surface area contributed by atoms with Crippen LogP contribution in [0.2, 0.25) is 0 Å². The molecule has 0 fully saturated rings. The number of aliphatic hydroxyl groups is 1. The number of aliphatic hydroxyl groups excluding tert-OH is 1. The Kier molecular flexibility index (Phi) is 12.3. The summed E-state index contributed by atoms with van der Waals surface area (Å²) < 4.78 is 35.1. The van der Waals surface area contributed by atoms with Crippen molar-refractivity contribution < 1.29 is 33.0 Å². The zero-order chi connectivity index (χ0) is 29.0. The maximum atomic E-state index is 15.0. The van der Waals surface area contributed by atoms with Gasteiger partial charge in [-0.05, 0) is 36.8 Å². The number of alkyl halides is 2. The summed E-state index contributed by atoms with van der Waals surface area (Å²) in [4.78, 5) is 37.3. The fraction of sp³-hybridized carbons (Fsp3) is 0.483. The molecule has 4 N–H and O–H groups in total. The average Bonchev–Trinajstić information content (AvgIpc) is 2.88. The second-order valence-corrected chi connectivity index (χ2v) is 10.1. The van der Waals surface area contributed by atoms with E-state index in [1.165, 1.54) is 0 Å². The molecule has 2 rings (SSSR count). The molecule has 2 aromatic rings. The second-order valence-electron chi connectivity index (χ2n) is 10.1.